The van der Waals surface area contributed by atoms with Crippen molar-refractivity contribution in [1.82, 2.24) is 4.90 Å². The fourth-order valence-corrected chi connectivity index (χ4v) is 2.74. The van der Waals surface area contributed by atoms with Gasteiger partial charge in [-0.3, -0.25) is 4.90 Å². The number of halogens is 1. The minimum atomic E-state index is -0.953. The molecule has 0 aliphatic carbocycles. The minimum absolute atomic E-state index is 0.0344. The molecule has 0 amide bonds. The van der Waals surface area contributed by atoms with Crippen LogP contribution in [0.2, 0.25) is 0 Å². The molecule has 1 unspecified atom stereocenters. The first kappa shape index (κ1) is 16.3. The van der Waals surface area contributed by atoms with E-state index in [1.807, 2.05) is 0 Å². The molecule has 5 nitrogen and oxygen atoms in total. The molecule has 0 spiro atoms. The van der Waals surface area contributed by atoms with Gasteiger partial charge in [0.25, 0.3) is 0 Å². The molecule has 1 aromatic rings. The quantitative estimate of drug-likeness (QED) is 0.877. The summed E-state index contributed by atoms with van der Waals surface area (Å²) < 4.78 is 12.1. The van der Waals surface area contributed by atoms with Gasteiger partial charge in [-0.15, -0.1) is 0 Å². The number of carboxylic acid groups (broad SMARTS) is 1. The third kappa shape index (κ3) is 4.43. The fourth-order valence-electron chi connectivity index (χ4n) is 2.25. The zero-order valence-corrected chi connectivity index (χ0v) is 13.8. The van der Waals surface area contributed by atoms with Crippen molar-refractivity contribution in [2.24, 2.45) is 0 Å². The molecule has 0 aromatic heterocycles. The van der Waals surface area contributed by atoms with Crippen LogP contribution in [0.25, 0.3) is 0 Å². The van der Waals surface area contributed by atoms with Gasteiger partial charge in [-0.2, -0.15) is 0 Å². The summed E-state index contributed by atoms with van der Waals surface area (Å²) in [6.07, 6.45) is 0.0344. The van der Waals surface area contributed by atoms with Crippen molar-refractivity contribution in [3.8, 4) is 5.75 Å². The predicted molar refractivity (Wildman–Crippen MR) is 83.0 cm³/mol. The first-order valence-electron chi connectivity index (χ1n) is 6.98. The molecule has 1 atom stereocenters. The number of morpholine rings is 1. The number of benzene rings is 1. The number of nitrogens with zero attached hydrogens (tertiary/aromatic N) is 1. The van der Waals surface area contributed by atoms with E-state index < -0.39 is 5.97 Å². The smallest absolute Gasteiger partial charge is 0.335 e. The number of hydrogen-bond donors (Lipinski definition) is 1. The van der Waals surface area contributed by atoms with Gasteiger partial charge in [-0.05, 0) is 48.0 Å². The molecule has 1 saturated heterocycles. The molecular formula is C15H20BrNO4. The molecule has 1 aliphatic rings. The molecule has 0 radical (unpaired) electrons. The highest BCUT2D eigenvalue weighted by molar-refractivity contribution is 9.10. The van der Waals surface area contributed by atoms with Crippen LogP contribution in [0.4, 0.5) is 0 Å². The highest BCUT2D eigenvalue weighted by atomic mass is 79.9. The molecule has 0 saturated carbocycles. The second-order valence-electron chi connectivity index (χ2n) is 5.34. The van der Waals surface area contributed by atoms with E-state index in [4.69, 9.17) is 14.6 Å². The van der Waals surface area contributed by atoms with Gasteiger partial charge in [0.15, 0.2) is 0 Å². The second-order valence-corrected chi connectivity index (χ2v) is 6.20. The molecule has 116 valence electrons. The zero-order chi connectivity index (χ0) is 15.4. The Morgan fingerprint density at radius 2 is 2.33 bits per heavy atom. The van der Waals surface area contributed by atoms with Crippen LogP contribution in [0.5, 0.6) is 5.75 Å². The molecule has 2 rings (SSSR count). The maximum absolute atomic E-state index is 10.9. The Balaban J connectivity index is 1.92. The maximum Gasteiger partial charge on any atom is 0.335 e. The Labute approximate surface area is 133 Å². The molecule has 0 bridgehead atoms. The van der Waals surface area contributed by atoms with E-state index in [1.54, 1.807) is 12.1 Å². The van der Waals surface area contributed by atoms with E-state index >= 15 is 0 Å². The van der Waals surface area contributed by atoms with Crippen molar-refractivity contribution in [2.75, 3.05) is 26.3 Å². The van der Waals surface area contributed by atoms with E-state index in [0.29, 0.717) is 29.5 Å². The van der Waals surface area contributed by atoms with Crippen LogP contribution in [-0.2, 0) is 4.74 Å². The van der Waals surface area contributed by atoms with E-state index in [9.17, 15) is 4.79 Å². The average molecular weight is 358 g/mol. The molecule has 1 aromatic carbocycles. The third-order valence-corrected chi connectivity index (χ3v) is 4.12. The van der Waals surface area contributed by atoms with Crippen LogP contribution in [0.1, 0.15) is 24.2 Å². The molecule has 1 fully saturated rings. The van der Waals surface area contributed by atoms with Crippen LogP contribution in [0, 0.1) is 0 Å². The van der Waals surface area contributed by atoms with Crippen molar-refractivity contribution in [2.45, 2.75) is 26.0 Å². The monoisotopic (exact) mass is 357 g/mol. The van der Waals surface area contributed by atoms with Gasteiger partial charge in [-0.25, -0.2) is 4.79 Å². The summed E-state index contributed by atoms with van der Waals surface area (Å²) in [5.74, 6) is -0.323. The highest BCUT2D eigenvalue weighted by Gasteiger charge is 2.23. The van der Waals surface area contributed by atoms with Crippen molar-refractivity contribution in [3.63, 3.8) is 0 Å². The lowest BCUT2D eigenvalue weighted by Crippen LogP contribution is -2.47. The largest absolute Gasteiger partial charge is 0.490 e. The van der Waals surface area contributed by atoms with E-state index in [1.165, 1.54) is 6.07 Å². The lowest BCUT2D eigenvalue weighted by atomic mass is 10.2. The first-order chi connectivity index (χ1) is 9.97. The van der Waals surface area contributed by atoms with E-state index in [0.717, 1.165) is 13.1 Å². The van der Waals surface area contributed by atoms with Gasteiger partial charge in [0.2, 0.25) is 0 Å². The van der Waals surface area contributed by atoms with E-state index in [2.05, 4.69) is 34.7 Å². The van der Waals surface area contributed by atoms with Crippen molar-refractivity contribution in [1.29, 1.82) is 0 Å². The van der Waals surface area contributed by atoms with Gasteiger partial charge >= 0.3 is 5.97 Å². The number of aromatic carboxylic acids is 1. The Bertz CT molecular complexity index is 506. The molecule has 1 N–H and O–H groups in total. The van der Waals surface area contributed by atoms with Gasteiger partial charge in [-0.1, -0.05) is 0 Å². The highest BCUT2D eigenvalue weighted by Crippen LogP contribution is 2.26. The van der Waals surface area contributed by atoms with Crippen molar-refractivity contribution >= 4 is 21.9 Å². The first-order valence-corrected chi connectivity index (χ1v) is 7.78. The SMILES string of the molecule is CC(C)N1CCOC(COc2ccc(C(=O)O)cc2Br)C1. The van der Waals surface area contributed by atoms with Crippen LogP contribution < -0.4 is 4.74 Å². The normalized spacial score (nSPS) is 19.7. The van der Waals surface area contributed by atoms with Gasteiger partial charge < -0.3 is 14.6 Å². The van der Waals surface area contributed by atoms with Crippen molar-refractivity contribution < 1.29 is 19.4 Å². The number of hydrogen-bond acceptors (Lipinski definition) is 4. The number of carboxylic acids is 1. The Morgan fingerprint density at radius 1 is 1.57 bits per heavy atom. The second kappa shape index (κ2) is 7.24. The summed E-state index contributed by atoms with van der Waals surface area (Å²) in [5, 5.41) is 8.93. The summed E-state index contributed by atoms with van der Waals surface area (Å²) in [4.78, 5) is 13.2. The Hall–Kier alpha value is -1.11. The lowest BCUT2D eigenvalue weighted by molar-refractivity contribution is -0.0565. The van der Waals surface area contributed by atoms with Crippen LogP contribution in [0.15, 0.2) is 22.7 Å². The Morgan fingerprint density at radius 3 is 2.95 bits per heavy atom. The topological polar surface area (TPSA) is 59.0 Å². The van der Waals surface area contributed by atoms with Gasteiger partial charge in [0, 0.05) is 19.1 Å². The molecule has 21 heavy (non-hydrogen) atoms. The summed E-state index contributed by atoms with van der Waals surface area (Å²) in [6.45, 7) is 7.31. The number of ether oxygens (including phenoxy) is 2. The standard InChI is InChI=1S/C15H20BrNO4/c1-10(2)17-5-6-20-12(8-17)9-21-14-4-3-11(15(18)19)7-13(14)16/h3-4,7,10,12H,5-6,8-9H2,1-2H3,(H,18,19). The summed E-state index contributed by atoms with van der Waals surface area (Å²) in [7, 11) is 0. The van der Waals surface area contributed by atoms with Gasteiger partial charge in [0.05, 0.1) is 16.6 Å². The minimum Gasteiger partial charge on any atom is -0.490 e. The molecular weight excluding hydrogens is 338 g/mol. The predicted octanol–water partition coefficient (Wildman–Crippen LogP) is 2.64. The number of rotatable bonds is 5. The summed E-state index contributed by atoms with van der Waals surface area (Å²) in [6, 6.07) is 5.24. The molecule has 1 aliphatic heterocycles. The van der Waals surface area contributed by atoms with E-state index in [-0.39, 0.29) is 11.7 Å². The fraction of sp³-hybridized carbons (Fsp3) is 0.533. The maximum atomic E-state index is 10.9. The van der Waals surface area contributed by atoms with Crippen molar-refractivity contribution in [3.05, 3.63) is 28.2 Å². The van der Waals surface area contributed by atoms with Crippen LogP contribution in [-0.4, -0.2) is 54.4 Å². The van der Waals surface area contributed by atoms with Crippen LogP contribution >= 0.6 is 15.9 Å². The summed E-state index contributed by atoms with van der Waals surface area (Å²) >= 11 is 3.34. The Kier molecular flexibility index (Phi) is 5.61. The third-order valence-electron chi connectivity index (χ3n) is 3.50. The number of carbonyl (C=O) groups is 1. The lowest BCUT2D eigenvalue weighted by Gasteiger charge is -2.35. The zero-order valence-electron chi connectivity index (χ0n) is 12.2. The molecule has 1 heterocycles. The summed E-state index contributed by atoms with van der Waals surface area (Å²) in [5.41, 5.74) is 0.231. The van der Waals surface area contributed by atoms with Crippen LogP contribution in [0.3, 0.4) is 0 Å². The average Bonchev–Trinajstić information content (AvgIpc) is 2.46. The van der Waals surface area contributed by atoms with Gasteiger partial charge in [0.1, 0.15) is 18.5 Å². The molecule has 6 heteroatoms.